The van der Waals surface area contributed by atoms with E-state index in [9.17, 15) is 40.3 Å². The molecule has 5 nitrogen and oxygen atoms in total. The Bertz CT molecular complexity index is 1640. The summed E-state index contributed by atoms with van der Waals surface area (Å²) in [6, 6.07) is 12.8. The maximum absolute atomic E-state index is 13.6. The van der Waals surface area contributed by atoms with E-state index >= 15 is 0 Å². The number of benzene rings is 3. The minimum absolute atomic E-state index is 0.00615. The van der Waals surface area contributed by atoms with Crippen molar-refractivity contribution in [2.24, 2.45) is 0 Å². The van der Waals surface area contributed by atoms with Gasteiger partial charge in [-0.2, -0.15) is 26.3 Å². The van der Waals surface area contributed by atoms with E-state index < -0.39 is 52.7 Å². The summed E-state index contributed by atoms with van der Waals surface area (Å²) in [5, 5.41) is 0.827. The Morgan fingerprint density at radius 3 is 2.19 bits per heavy atom. The van der Waals surface area contributed by atoms with Crippen LogP contribution in [0.1, 0.15) is 32.6 Å². The van der Waals surface area contributed by atoms with E-state index in [1.54, 1.807) is 12.3 Å². The number of amides is 2. The predicted molar refractivity (Wildman–Crippen MR) is 145 cm³/mol. The molecule has 224 valence electrons. The zero-order valence-corrected chi connectivity index (χ0v) is 22.3. The van der Waals surface area contributed by atoms with Crippen molar-refractivity contribution < 1.29 is 40.3 Å². The minimum atomic E-state index is -5.11. The number of rotatable bonds is 5. The van der Waals surface area contributed by atoms with Crippen molar-refractivity contribution >= 4 is 28.8 Å². The molecule has 5 rings (SSSR count). The van der Waals surface area contributed by atoms with Crippen LogP contribution >= 0.6 is 0 Å². The van der Waals surface area contributed by atoms with E-state index in [1.807, 2.05) is 18.2 Å². The quantitative estimate of drug-likeness (QED) is 0.198. The Hall–Kier alpha value is -4.61. The minimum Gasteiger partial charge on any atom is -0.361 e. The lowest BCUT2D eigenvalue weighted by molar-refractivity contribution is -0.143. The summed E-state index contributed by atoms with van der Waals surface area (Å²) in [4.78, 5) is 32.5. The first kappa shape index (κ1) is 29.9. The van der Waals surface area contributed by atoms with Crippen LogP contribution in [0.3, 0.4) is 0 Å². The zero-order valence-electron chi connectivity index (χ0n) is 22.3. The largest absolute Gasteiger partial charge is 0.416 e. The number of carbonyl (C=O) groups excluding carboxylic acids is 2. The first-order valence-electron chi connectivity index (χ1n) is 13.2. The third-order valence-corrected chi connectivity index (χ3v) is 7.31. The van der Waals surface area contributed by atoms with Crippen LogP contribution in [0.15, 0.2) is 79.0 Å². The fourth-order valence-electron chi connectivity index (χ4n) is 5.14. The molecule has 3 aromatic carbocycles. The van der Waals surface area contributed by atoms with Gasteiger partial charge in [0.05, 0.1) is 17.2 Å². The van der Waals surface area contributed by atoms with Gasteiger partial charge < -0.3 is 14.8 Å². The number of nitrogens with zero attached hydrogens (tertiary/aromatic N) is 2. The molecule has 12 heteroatoms. The van der Waals surface area contributed by atoms with E-state index in [0.717, 1.165) is 16.5 Å². The second-order valence-electron chi connectivity index (χ2n) is 10.2. The third kappa shape index (κ3) is 6.73. The van der Waals surface area contributed by atoms with Crippen LogP contribution in [0.4, 0.5) is 30.7 Å². The van der Waals surface area contributed by atoms with Crippen molar-refractivity contribution in [3.63, 3.8) is 0 Å². The molecule has 1 aliphatic rings. The summed E-state index contributed by atoms with van der Waals surface area (Å²) in [5.74, 6) is -1.86. The number of hydrogen-bond donors (Lipinski definition) is 1. The van der Waals surface area contributed by atoms with E-state index in [2.05, 4.69) is 4.98 Å². The van der Waals surface area contributed by atoms with Gasteiger partial charge in [-0.15, -0.1) is 0 Å². The normalized spacial score (nSPS) is 16.3. The Morgan fingerprint density at radius 2 is 1.53 bits per heavy atom. The number of aromatic nitrogens is 1. The van der Waals surface area contributed by atoms with E-state index in [0.29, 0.717) is 17.7 Å². The van der Waals surface area contributed by atoms with Crippen LogP contribution in [0, 0.1) is 5.82 Å². The van der Waals surface area contributed by atoms with Crippen LogP contribution in [0.25, 0.3) is 17.0 Å². The molecule has 43 heavy (non-hydrogen) atoms. The van der Waals surface area contributed by atoms with Gasteiger partial charge in [0.15, 0.2) is 0 Å². The Balaban J connectivity index is 1.46. The van der Waals surface area contributed by atoms with Crippen molar-refractivity contribution in [2.75, 3.05) is 19.6 Å². The van der Waals surface area contributed by atoms with Crippen LogP contribution in [-0.4, -0.2) is 52.3 Å². The highest BCUT2D eigenvalue weighted by Gasteiger charge is 2.39. The zero-order chi connectivity index (χ0) is 30.9. The molecule has 0 spiro atoms. The Labute approximate surface area is 241 Å². The molecule has 2 amide bonds. The van der Waals surface area contributed by atoms with Gasteiger partial charge in [-0.25, -0.2) is 4.39 Å². The van der Waals surface area contributed by atoms with Gasteiger partial charge in [0.1, 0.15) is 5.82 Å². The molecule has 0 aliphatic carbocycles. The standard InChI is InChI=1S/C31H24F7N3O2/c32-24-8-5-19(6-9-24)7-10-28(42)40-11-12-41(25(18-40)15-21-17-39-27-4-2-1-3-26(21)27)29(43)20-13-22(30(33,34)35)16-23(14-20)31(36,37)38/h1-10,13-14,16-17,25,39H,11-12,15,18H2/t25-/m1/s1. The second kappa shape index (κ2) is 11.6. The average molecular weight is 604 g/mol. The highest BCUT2D eigenvalue weighted by Crippen LogP contribution is 2.37. The van der Waals surface area contributed by atoms with Gasteiger partial charge in [-0.3, -0.25) is 9.59 Å². The smallest absolute Gasteiger partial charge is 0.361 e. The number of fused-ring (bicyclic) bond motifs is 1. The molecule has 0 bridgehead atoms. The van der Waals surface area contributed by atoms with E-state index in [4.69, 9.17) is 0 Å². The first-order chi connectivity index (χ1) is 20.3. The van der Waals surface area contributed by atoms with Gasteiger partial charge in [-0.1, -0.05) is 30.3 Å². The molecule has 0 radical (unpaired) electrons. The lowest BCUT2D eigenvalue weighted by atomic mass is 9.98. The molecule has 0 unspecified atom stereocenters. The fourth-order valence-corrected chi connectivity index (χ4v) is 5.14. The van der Waals surface area contributed by atoms with Crippen LogP contribution < -0.4 is 0 Å². The molecular formula is C31H24F7N3O2. The number of H-pyrrole nitrogens is 1. The second-order valence-corrected chi connectivity index (χ2v) is 10.2. The fraction of sp³-hybridized carbons (Fsp3) is 0.226. The Kier molecular flexibility index (Phi) is 8.04. The van der Waals surface area contributed by atoms with Crippen molar-refractivity contribution in [1.29, 1.82) is 0 Å². The molecule has 0 saturated carbocycles. The number of hydrogen-bond acceptors (Lipinski definition) is 2. The van der Waals surface area contributed by atoms with Gasteiger partial charge >= 0.3 is 12.4 Å². The van der Waals surface area contributed by atoms with Gasteiger partial charge in [0.2, 0.25) is 5.91 Å². The summed E-state index contributed by atoms with van der Waals surface area (Å²) in [7, 11) is 0. The number of nitrogens with one attached hydrogen (secondary N) is 1. The van der Waals surface area contributed by atoms with Gasteiger partial charge in [0, 0.05) is 48.4 Å². The van der Waals surface area contributed by atoms with Crippen molar-refractivity contribution in [3.8, 4) is 0 Å². The molecule has 1 saturated heterocycles. The maximum Gasteiger partial charge on any atom is 0.416 e. The van der Waals surface area contributed by atoms with Crippen LogP contribution in [-0.2, 0) is 23.6 Å². The third-order valence-electron chi connectivity index (χ3n) is 7.31. The molecule has 1 N–H and O–H groups in total. The number of alkyl halides is 6. The molecule has 1 aliphatic heterocycles. The molecule has 1 atom stereocenters. The number of para-hydroxylation sites is 1. The highest BCUT2D eigenvalue weighted by atomic mass is 19.4. The molecule has 1 fully saturated rings. The Morgan fingerprint density at radius 1 is 0.884 bits per heavy atom. The molecule has 1 aromatic heterocycles. The van der Waals surface area contributed by atoms with Crippen LogP contribution in [0.2, 0.25) is 0 Å². The summed E-state index contributed by atoms with van der Waals surface area (Å²) in [6.45, 7) is -0.156. The molecule has 4 aromatic rings. The summed E-state index contributed by atoms with van der Waals surface area (Å²) < 4.78 is 94.3. The van der Waals surface area contributed by atoms with E-state index in [-0.39, 0.29) is 32.1 Å². The van der Waals surface area contributed by atoms with Gasteiger partial charge in [-0.05, 0) is 60.0 Å². The first-order valence-corrected chi connectivity index (χ1v) is 13.2. The number of piperazine rings is 1. The van der Waals surface area contributed by atoms with Gasteiger partial charge in [0.25, 0.3) is 5.91 Å². The summed E-state index contributed by atoms with van der Waals surface area (Å²) in [5.41, 5.74) is -1.79. The molecular weight excluding hydrogens is 579 g/mol. The predicted octanol–water partition coefficient (Wildman–Crippen LogP) is 6.95. The number of carbonyl (C=O) groups is 2. The number of aromatic amines is 1. The van der Waals surface area contributed by atoms with Crippen molar-refractivity contribution in [3.05, 3.63) is 113 Å². The molecule has 2 heterocycles. The van der Waals surface area contributed by atoms with Crippen molar-refractivity contribution in [1.82, 2.24) is 14.8 Å². The summed E-state index contributed by atoms with van der Waals surface area (Å²) in [6.07, 6.45) is -5.55. The lowest BCUT2D eigenvalue weighted by Crippen LogP contribution is -2.57. The van der Waals surface area contributed by atoms with Crippen molar-refractivity contribution in [2.45, 2.75) is 24.8 Å². The maximum atomic E-state index is 13.6. The topological polar surface area (TPSA) is 56.4 Å². The average Bonchev–Trinajstić information content (AvgIpc) is 3.38. The SMILES string of the molecule is O=C(C=Cc1ccc(F)cc1)N1CCN(C(=O)c2cc(C(F)(F)F)cc(C(F)(F)F)c2)[C@H](Cc2c[nH]c3ccccc23)C1. The number of halogens is 7. The highest BCUT2D eigenvalue weighted by molar-refractivity contribution is 5.96. The van der Waals surface area contributed by atoms with E-state index in [1.165, 1.54) is 46.2 Å². The lowest BCUT2D eigenvalue weighted by Gasteiger charge is -2.41. The monoisotopic (exact) mass is 603 g/mol. The summed E-state index contributed by atoms with van der Waals surface area (Å²) >= 11 is 0. The van der Waals surface area contributed by atoms with Crippen LogP contribution in [0.5, 0.6) is 0 Å².